The molecule has 11 aromatic rings. The van der Waals surface area contributed by atoms with Gasteiger partial charge in [-0.3, -0.25) is 0 Å². The monoisotopic (exact) mass is 718 g/mol. The second-order valence-corrected chi connectivity index (χ2v) is 15.2. The second-order valence-electron chi connectivity index (χ2n) is 14.2. The van der Waals surface area contributed by atoms with Crippen LogP contribution >= 0.6 is 11.3 Å². The number of nitrogens with zero attached hydrogens (tertiary/aromatic N) is 2. The normalized spacial score (nSPS) is 11.6. The zero-order valence-electron chi connectivity index (χ0n) is 29.9. The van der Waals surface area contributed by atoms with E-state index >= 15 is 0 Å². The molecule has 0 saturated carbocycles. The molecule has 0 amide bonds. The fraction of sp³-hybridized carbons (Fsp3) is 0. The van der Waals surface area contributed by atoms with Gasteiger partial charge >= 0.3 is 0 Å². The van der Waals surface area contributed by atoms with Gasteiger partial charge in [0.2, 0.25) is 0 Å². The highest BCUT2D eigenvalue weighted by atomic mass is 32.1. The van der Waals surface area contributed by atoms with Crippen LogP contribution in [0.5, 0.6) is 0 Å². The summed E-state index contributed by atoms with van der Waals surface area (Å²) in [6.07, 6.45) is 0. The van der Waals surface area contributed by atoms with Gasteiger partial charge < -0.3 is 9.47 Å². The van der Waals surface area contributed by atoms with E-state index in [1.165, 1.54) is 75.0 Å². The Kier molecular flexibility index (Phi) is 7.39. The molecule has 0 aliphatic heterocycles. The highest BCUT2D eigenvalue weighted by molar-refractivity contribution is 7.25. The van der Waals surface area contributed by atoms with Crippen molar-refractivity contribution in [3.63, 3.8) is 0 Å². The zero-order valence-corrected chi connectivity index (χ0v) is 30.7. The summed E-state index contributed by atoms with van der Waals surface area (Å²) in [5, 5.41) is 7.61. The molecule has 9 aromatic carbocycles. The third kappa shape index (κ3) is 5.32. The minimum Gasteiger partial charge on any atom is -0.310 e. The van der Waals surface area contributed by atoms with Crippen LogP contribution in [-0.4, -0.2) is 4.57 Å². The first-order valence-corrected chi connectivity index (χ1v) is 19.6. The van der Waals surface area contributed by atoms with E-state index in [2.05, 4.69) is 216 Å². The van der Waals surface area contributed by atoms with Crippen molar-refractivity contribution in [2.75, 3.05) is 4.90 Å². The maximum Gasteiger partial charge on any atom is 0.0619 e. The lowest BCUT2D eigenvalue weighted by molar-refractivity contribution is 1.19. The van der Waals surface area contributed by atoms with Crippen LogP contribution in [0.25, 0.3) is 80.7 Å². The van der Waals surface area contributed by atoms with E-state index in [4.69, 9.17) is 0 Å². The van der Waals surface area contributed by atoms with Gasteiger partial charge in [-0.2, -0.15) is 0 Å². The molecule has 0 aliphatic rings. The number of fused-ring (bicyclic) bond motifs is 8. The predicted molar refractivity (Wildman–Crippen MR) is 237 cm³/mol. The van der Waals surface area contributed by atoms with Crippen molar-refractivity contribution >= 4 is 81.1 Å². The largest absolute Gasteiger partial charge is 0.310 e. The number of hydrogen-bond acceptors (Lipinski definition) is 2. The maximum atomic E-state index is 2.44. The predicted octanol–water partition coefficient (Wildman–Crippen LogP) is 15.1. The summed E-state index contributed by atoms with van der Waals surface area (Å²) in [4.78, 5) is 2.39. The van der Waals surface area contributed by atoms with Crippen molar-refractivity contribution in [2.45, 2.75) is 0 Å². The Morgan fingerprint density at radius 3 is 1.82 bits per heavy atom. The minimum atomic E-state index is 1.11. The molecule has 2 aromatic heterocycles. The van der Waals surface area contributed by atoms with Crippen LogP contribution in [0.4, 0.5) is 17.1 Å². The summed E-state index contributed by atoms with van der Waals surface area (Å²) in [5.74, 6) is 0. The Hall–Kier alpha value is -6.94. The Morgan fingerprint density at radius 2 is 0.964 bits per heavy atom. The topological polar surface area (TPSA) is 8.17 Å². The van der Waals surface area contributed by atoms with Gasteiger partial charge in [0.1, 0.15) is 0 Å². The summed E-state index contributed by atoms with van der Waals surface area (Å²) in [6.45, 7) is 0. The number of anilines is 3. The van der Waals surface area contributed by atoms with E-state index in [9.17, 15) is 0 Å². The molecule has 55 heavy (non-hydrogen) atoms. The molecule has 2 nitrogen and oxygen atoms in total. The van der Waals surface area contributed by atoms with Crippen molar-refractivity contribution in [2.24, 2.45) is 0 Å². The molecule has 2 heterocycles. The molecule has 0 unspecified atom stereocenters. The van der Waals surface area contributed by atoms with Crippen LogP contribution < -0.4 is 4.90 Å². The lowest BCUT2D eigenvalue weighted by Crippen LogP contribution is -2.10. The van der Waals surface area contributed by atoms with Crippen LogP contribution in [0.15, 0.2) is 206 Å². The van der Waals surface area contributed by atoms with Crippen molar-refractivity contribution in [3.8, 4) is 27.9 Å². The van der Waals surface area contributed by atoms with Crippen LogP contribution in [0.2, 0.25) is 0 Å². The molecule has 0 atom stereocenters. The smallest absolute Gasteiger partial charge is 0.0619 e. The van der Waals surface area contributed by atoms with E-state index < -0.39 is 0 Å². The molecule has 11 rings (SSSR count). The first-order valence-electron chi connectivity index (χ1n) is 18.8. The van der Waals surface area contributed by atoms with Crippen molar-refractivity contribution in [1.82, 2.24) is 4.57 Å². The molecule has 0 aliphatic carbocycles. The van der Waals surface area contributed by atoms with Crippen LogP contribution in [0, 0.1) is 0 Å². The maximum absolute atomic E-state index is 2.44. The number of hydrogen-bond donors (Lipinski definition) is 0. The van der Waals surface area contributed by atoms with E-state index in [0.717, 1.165) is 22.7 Å². The third-order valence-electron chi connectivity index (χ3n) is 11.0. The van der Waals surface area contributed by atoms with Gasteiger partial charge in [0, 0.05) is 59.1 Å². The van der Waals surface area contributed by atoms with Crippen molar-refractivity contribution in [3.05, 3.63) is 206 Å². The number of benzene rings is 9. The fourth-order valence-electron chi connectivity index (χ4n) is 8.36. The van der Waals surface area contributed by atoms with E-state index in [0.29, 0.717) is 0 Å². The van der Waals surface area contributed by atoms with Gasteiger partial charge in [-0.05, 0) is 94.4 Å². The number of aromatic nitrogens is 1. The van der Waals surface area contributed by atoms with Crippen LogP contribution in [0.3, 0.4) is 0 Å². The van der Waals surface area contributed by atoms with Gasteiger partial charge in [-0.25, -0.2) is 0 Å². The first kappa shape index (κ1) is 31.6. The third-order valence-corrected chi connectivity index (χ3v) is 12.1. The van der Waals surface area contributed by atoms with Gasteiger partial charge in [-0.15, -0.1) is 11.3 Å². The average molecular weight is 719 g/mol. The number of para-hydroxylation sites is 1. The summed E-state index contributed by atoms with van der Waals surface area (Å²) >= 11 is 1.85. The van der Waals surface area contributed by atoms with Gasteiger partial charge in [0.05, 0.1) is 11.0 Å². The molecular formula is C52H34N2S. The molecule has 258 valence electrons. The van der Waals surface area contributed by atoms with Crippen LogP contribution in [0.1, 0.15) is 0 Å². The highest BCUT2D eigenvalue weighted by Crippen LogP contribution is 2.43. The van der Waals surface area contributed by atoms with Crippen LogP contribution in [-0.2, 0) is 0 Å². The Labute approximate surface area is 323 Å². The van der Waals surface area contributed by atoms with E-state index in [1.54, 1.807) is 0 Å². The van der Waals surface area contributed by atoms with E-state index in [1.807, 2.05) is 11.3 Å². The summed E-state index contributed by atoms with van der Waals surface area (Å²) in [5.41, 5.74) is 11.7. The lowest BCUT2D eigenvalue weighted by Gasteiger charge is -2.26. The van der Waals surface area contributed by atoms with Gasteiger partial charge in [0.25, 0.3) is 0 Å². The molecule has 0 N–H and O–H groups in total. The lowest BCUT2D eigenvalue weighted by atomic mass is 10.0. The quantitative estimate of drug-likeness (QED) is 0.166. The SMILES string of the molecule is c1ccc(-c2cccc(N(c3ccc(-c4ccc5c6ccc7ccccc7c6n(-c6ccccc6)c5c4)cc3)c3ccc4sc5ccccc5c4c3)c2)cc1. The molecule has 0 saturated heterocycles. The highest BCUT2D eigenvalue weighted by Gasteiger charge is 2.18. The first-order chi connectivity index (χ1) is 27.3. The molecule has 0 fully saturated rings. The van der Waals surface area contributed by atoms with Crippen molar-refractivity contribution in [1.29, 1.82) is 0 Å². The van der Waals surface area contributed by atoms with Gasteiger partial charge in [0.15, 0.2) is 0 Å². The number of rotatable bonds is 6. The second kappa shape index (κ2) is 12.9. The molecule has 0 bridgehead atoms. The van der Waals surface area contributed by atoms with Gasteiger partial charge in [-0.1, -0.05) is 140 Å². The molecule has 0 radical (unpaired) electrons. The fourth-order valence-corrected chi connectivity index (χ4v) is 9.45. The van der Waals surface area contributed by atoms with E-state index in [-0.39, 0.29) is 0 Å². The zero-order chi connectivity index (χ0) is 36.3. The summed E-state index contributed by atoms with van der Waals surface area (Å²) in [7, 11) is 0. The summed E-state index contributed by atoms with van der Waals surface area (Å²) < 4.78 is 5.05. The molecule has 3 heteroatoms. The Bertz CT molecular complexity index is 3190. The van der Waals surface area contributed by atoms with Crippen molar-refractivity contribution < 1.29 is 0 Å². The Morgan fingerprint density at radius 1 is 0.345 bits per heavy atom. The molecular weight excluding hydrogens is 685 g/mol. The average Bonchev–Trinajstić information content (AvgIpc) is 3.80. The Balaban J connectivity index is 1.06. The molecule has 0 spiro atoms. The summed E-state index contributed by atoms with van der Waals surface area (Å²) in [6, 6.07) is 75.2. The standard InChI is InChI=1S/C52H34N2S/c1-3-12-35(13-4-1)38-15-11-18-42(32-38)53(43-28-31-51-48(34-43)46-20-9-10-21-50(46)55-51)41-26-22-36(23-27-41)39-25-29-45-47-30-24-37-14-7-8-19-44(37)52(47)54(49(45)33-39)40-16-5-2-6-17-40/h1-34H. The minimum absolute atomic E-state index is 1.11. The number of thiophene rings is 1.